The van der Waals surface area contributed by atoms with Gasteiger partial charge in [0.05, 0.1) is 56.3 Å². The van der Waals surface area contributed by atoms with Crippen LogP contribution >= 0.6 is 0 Å². The largest absolute Gasteiger partial charge is 0.478 e. The smallest absolute Gasteiger partial charge is 0.335 e. The van der Waals surface area contributed by atoms with E-state index >= 15 is 0 Å². The highest BCUT2D eigenvalue weighted by molar-refractivity contribution is 6.01. The van der Waals surface area contributed by atoms with Crippen molar-refractivity contribution in [1.82, 2.24) is 39.4 Å². The fraction of sp³-hybridized carbons (Fsp3) is 0.344. The summed E-state index contributed by atoms with van der Waals surface area (Å²) in [7, 11) is 0. The first-order valence-corrected chi connectivity index (χ1v) is 27.9. The van der Waals surface area contributed by atoms with Gasteiger partial charge >= 0.3 is 18.0 Å². The molecule has 5 amide bonds. The zero-order chi connectivity index (χ0) is 57.8. The summed E-state index contributed by atoms with van der Waals surface area (Å²) in [6.45, 7) is 11.4. The molecule has 0 spiro atoms. The number of piperidine rings is 2. The number of nitrogens with zero attached hydrogens (tertiary/aromatic N) is 9. The molecule has 0 aliphatic carbocycles. The third-order valence-corrected chi connectivity index (χ3v) is 14.7. The molecule has 23 nitrogen and oxygen atoms in total. The summed E-state index contributed by atoms with van der Waals surface area (Å²) >= 11 is 0. The molecule has 8 N–H and O–H groups in total. The molecule has 0 unspecified atom stereocenters. The van der Waals surface area contributed by atoms with Gasteiger partial charge in [0.1, 0.15) is 11.0 Å². The number of carboxylic acids is 1. The second-order valence-corrected chi connectivity index (χ2v) is 20.7. The van der Waals surface area contributed by atoms with Crippen molar-refractivity contribution in [2.45, 2.75) is 71.2 Å². The Kier molecular flexibility index (Phi) is 19.8. The van der Waals surface area contributed by atoms with E-state index in [2.05, 4.69) is 55.3 Å². The molecule has 4 saturated heterocycles. The normalized spacial score (nSPS) is 17.4. The lowest BCUT2D eigenvalue weighted by Crippen LogP contribution is -2.44. The number of morpholine rings is 2. The van der Waals surface area contributed by atoms with Crippen LogP contribution in [0, 0.1) is 0 Å². The zero-order valence-electron chi connectivity index (χ0n) is 46.2. The second-order valence-electron chi connectivity index (χ2n) is 20.7. The number of fused-ring (bicyclic) bond motifs is 2. The number of amides is 5. The molecular weight excluding hydrogens is 1070 g/mol. The molecule has 4 aliphatic heterocycles. The monoisotopic (exact) mass is 1140 g/mol. The molecule has 0 radical (unpaired) electrons. The minimum absolute atomic E-state index is 0. The molecule has 23 heteroatoms. The van der Waals surface area contributed by atoms with Crippen LogP contribution in [0.3, 0.4) is 0 Å². The van der Waals surface area contributed by atoms with Crippen LogP contribution in [-0.2, 0) is 9.47 Å². The molecule has 8 heterocycles. The molecule has 8 aromatic rings. The first kappa shape index (κ1) is 59.6. The van der Waals surface area contributed by atoms with E-state index in [-0.39, 0.29) is 43.2 Å². The van der Waals surface area contributed by atoms with Crippen LogP contribution in [0.15, 0.2) is 134 Å². The van der Waals surface area contributed by atoms with E-state index in [1.807, 2.05) is 82.1 Å². The van der Waals surface area contributed by atoms with E-state index in [1.54, 1.807) is 41.3 Å². The van der Waals surface area contributed by atoms with Gasteiger partial charge in [-0.05, 0) is 174 Å². The maximum Gasteiger partial charge on any atom is 0.335 e. The molecule has 84 heavy (non-hydrogen) atoms. The Morgan fingerprint density at radius 1 is 0.536 bits per heavy atom. The summed E-state index contributed by atoms with van der Waals surface area (Å²) < 4.78 is 14.9. The number of aliphatic hydroxyl groups is 2. The highest BCUT2D eigenvalue weighted by atomic mass is 16.5. The quantitative estimate of drug-likeness (QED) is 0.0641. The maximum absolute atomic E-state index is 12.7. The van der Waals surface area contributed by atoms with Gasteiger partial charge in [-0.1, -0.05) is 7.43 Å². The number of likely N-dealkylation sites (tertiary alicyclic amines) is 1. The van der Waals surface area contributed by atoms with E-state index in [0.717, 1.165) is 72.8 Å². The minimum Gasteiger partial charge on any atom is -0.478 e. The summed E-state index contributed by atoms with van der Waals surface area (Å²) in [5.41, 5.74) is 6.51. The lowest BCUT2D eigenvalue weighted by atomic mass is 10.1. The lowest BCUT2D eigenvalue weighted by molar-refractivity contribution is 0.0545. The van der Waals surface area contributed by atoms with Gasteiger partial charge in [-0.3, -0.25) is 4.79 Å². The standard InChI is InChI=1S/C30H33N7O4.C25H24N6O4.C5H11NO.CH4/c1-20-19-41-18-17-36(20)28-26-3-2-14-37(26)34-27(33-28)21-4-8-23(9-5-21)31-30(40)32-24-10-6-22(7-11-24)29(39)35-15-12-25(38)13-16-35;1-16-15-35-14-13-30(16)23-21-3-2-12-31(21)29-22(28-23)17-4-8-19(9-5-17)26-25(34)27-20-10-6-18(7-11-20)24(32)33;7-5-1-3-6-4-2-5;/h2-11,14,20,25,38H,12-13,15-19H2,1H3,(H2,31,32,40);2-12,16H,13-15H2,1H3,(H,32,33)(H2,26,27,34);5-7H,1-4H2;1H4/t20-;16-;;/m11../s1. The minimum atomic E-state index is -1.02. The molecule has 12 rings (SSSR count). The van der Waals surface area contributed by atoms with Crippen LogP contribution in [0.1, 0.15) is 67.7 Å². The van der Waals surface area contributed by atoms with Crippen LogP contribution in [0.2, 0.25) is 0 Å². The zero-order valence-corrected chi connectivity index (χ0v) is 46.2. The maximum atomic E-state index is 12.7. The number of urea groups is 2. The highest BCUT2D eigenvalue weighted by Gasteiger charge is 2.26. The predicted octanol–water partition coefficient (Wildman–Crippen LogP) is 8.19. The van der Waals surface area contributed by atoms with Crippen molar-refractivity contribution < 1.29 is 44.0 Å². The number of hydrogen-bond donors (Lipinski definition) is 8. The summed E-state index contributed by atoms with van der Waals surface area (Å²) in [6.07, 6.45) is 6.50. The van der Waals surface area contributed by atoms with E-state index in [0.29, 0.717) is 92.3 Å². The number of anilines is 6. The molecule has 4 aromatic heterocycles. The Hall–Kier alpha value is -9.00. The summed E-state index contributed by atoms with van der Waals surface area (Å²) in [6, 6.07) is 34.9. The Morgan fingerprint density at radius 3 is 1.31 bits per heavy atom. The molecule has 4 aromatic carbocycles. The third kappa shape index (κ3) is 15.0. The Labute approximate surface area is 486 Å². The van der Waals surface area contributed by atoms with Crippen molar-refractivity contribution in [2.24, 2.45) is 0 Å². The molecular formula is C61H72N14O9. The predicted molar refractivity (Wildman–Crippen MR) is 323 cm³/mol. The number of ether oxygens (including phenoxy) is 2. The van der Waals surface area contributed by atoms with Crippen molar-refractivity contribution in [2.75, 3.05) is 96.8 Å². The number of nitrogens with one attached hydrogen (secondary N) is 5. The van der Waals surface area contributed by atoms with Gasteiger partial charge in [-0.25, -0.2) is 33.4 Å². The first-order valence-electron chi connectivity index (χ1n) is 27.9. The van der Waals surface area contributed by atoms with Crippen molar-refractivity contribution in [3.8, 4) is 22.8 Å². The molecule has 440 valence electrons. The van der Waals surface area contributed by atoms with Crippen LogP contribution in [-0.4, -0.2) is 163 Å². The van der Waals surface area contributed by atoms with Gasteiger partial charge < -0.3 is 66.1 Å². The number of hydrogen-bond acceptors (Lipinski definition) is 15. The van der Waals surface area contributed by atoms with Crippen LogP contribution in [0.4, 0.5) is 44.0 Å². The van der Waals surface area contributed by atoms with E-state index < -0.39 is 18.0 Å². The van der Waals surface area contributed by atoms with Crippen LogP contribution in [0.5, 0.6) is 0 Å². The number of rotatable bonds is 10. The van der Waals surface area contributed by atoms with Crippen molar-refractivity contribution in [3.05, 3.63) is 145 Å². The summed E-state index contributed by atoms with van der Waals surface area (Å²) in [4.78, 5) is 64.7. The first-order chi connectivity index (χ1) is 40.3. The lowest BCUT2D eigenvalue weighted by Gasteiger charge is -2.34. The Balaban J connectivity index is 0.000000180. The van der Waals surface area contributed by atoms with Crippen molar-refractivity contribution in [1.29, 1.82) is 0 Å². The van der Waals surface area contributed by atoms with Crippen molar-refractivity contribution in [3.63, 3.8) is 0 Å². The molecule has 0 saturated carbocycles. The fourth-order valence-electron chi connectivity index (χ4n) is 10.0. The Bertz CT molecular complexity index is 3490. The number of aromatic carboxylic acids is 1. The van der Waals surface area contributed by atoms with Crippen molar-refractivity contribution >= 4 is 69.4 Å². The molecule has 4 fully saturated rings. The van der Waals surface area contributed by atoms with Gasteiger partial charge in [0, 0.05) is 78.0 Å². The van der Waals surface area contributed by atoms with E-state index in [1.165, 1.54) is 24.3 Å². The van der Waals surface area contributed by atoms with Crippen LogP contribution < -0.4 is 36.4 Å². The third-order valence-electron chi connectivity index (χ3n) is 14.7. The number of aromatic nitrogens is 6. The van der Waals surface area contributed by atoms with Gasteiger partial charge in [0.15, 0.2) is 23.3 Å². The molecule has 2 atom stereocenters. The van der Waals surface area contributed by atoms with Gasteiger partial charge in [0.2, 0.25) is 0 Å². The molecule has 4 aliphatic rings. The van der Waals surface area contributed by atoms with E-state index in [4.69, 9.17) is 34.8 Å². The van der Waals surface area contributed by atoms with Crippen LogP contribution in [0.25, 0.3) is 33.8 Å². The van der Waals surface area contributed by atoms with Gasteiger partial charge in [-0.2, -0.15) is 0 Å². The highest BCUT2D eigenvalue weighted by Crippen LogP contribution is 2.30. The average molecular weight is 1150 g/mol. The number of carbonyl (C=O) groups excluding carboxylic acids is 3. The number of benzene rings is 4. The summed E-state index contributed by atoms with van der Waals surface area (Å²) in [5.74, 6) is 1.82. The van der Waals surface area contributed by atoms with E-state index in [9.17, 15) is 24.3 Å². The molecule has 0 bridgehead atoms. The number of carbonyl (C=O) groups is 4. The topological polar surface area (TPSA) is 278 Å². The van der Waals surface area contributed by atoms with Gasteiger partial charge in [0.25, 0.3) is 5.91 Å². The summed E-state index contributed by atoms with van der Waals surface area (Å²) in [5, 5.41) is 51.1. The SMILES string of the molecule is C.C[C@@H]1COCCN1c1nc(-c2ccc(NC(=O)Nc3ccc(C(=O)N4CCC(O)CC4)cc3)cc2)nn2cccc12.C[C@@H]1COCCN1c1nc(-c2ccc(NC(=O)Nc3ccc(C(=O)O)cc3)cc2)nn2cccc12.OC1CCNCC1. The van der Waals surface area contributed by atoms with Gasteiger partial charge in [-0.15, -0.1) is 10.2 Å². The number of aliphatic hydroxyl groups excluding tert-OH is 2. The fourth-order valence-corrected chi connectivity index (χ4v) is 10.0. The average Bonchev–Trinajstić information content (AvgIpc) is 3.43. The number of carboxylic acid groups (broad SMARTS) is 1. The second kappa shape index (κ2) is 27.8. The Morgan fingerprint density at radius 2 is 0.929 bits per heavy atom.